The molecule has 0 aliphatic heterocycles. The number of rotatable bonds is 4. The van der Waals surface area contributed by atoms with Crippen molar-refractivity contribution in [3.05, 3.63) is 53.5 Å². The Bertz CT molecular complexity index is 517. The number of para-hydroxylation sites is 1. The Hall–Kier alpha value is -1.74. The number of nitrogens with two attached hydrogens (primary N) is 1. The zero-order chi connectivity index (χ0) is 13.1. The molecule has 0 saturated carbocycles. The van der Waals surface area contributed by atoms with Crippen LogP contribution in [0, 0.1) is 6.92 Å². The Balaban J connectivity index is 2.32. The molecule has 0 radical (unpaired) electrons. The minimum absolute atomic E-state index is 0.129. The van der Waals surface area contributed by atoms with E-state index in [0.29, 0.717) is 0 Å². The number of furan rings is 1. The lowest BCUT2D eigenvalue weighted by atomic mass is 10.0. The van der Waals surface area contributed by atoms with E-state index in [1.165, 1.54) is 0 Å². The molecule has 0 saturated heterocycles. The molecule has 1 atom stereocenters. The molecule has 1 unspecified atom stereocenters. The first kappa shape index (κ1) is 12.7. The standard InChI is InChI=1S/C15H19NO2/c1-10(2)18-14-7-5-4-6-13(14)15(16)12-8-11(3)17-9-12/h4-10,15H,16H2,1-3H3. The van der Waals surface area contributed by atoms with Crippen LogP contribution in [-0.4, -0.2) is 6.10 Å². The molecule has 1 heterocycles. The van der Waals surface area contributed by atoms with Crippen molar-refractivity contribution in [2.75, 3.05) is 0 Å². The van der Waals surface area contributed by atoms with Gasteiger partial charge in [0, 0.05) is 11.1 Å². The molecule has 1 aromatic carbocycles. The van der Waals surface area contributed by atoms with Gasteiger partial charge in [-0.05, 0) is 32.9 Å². The van der Waals surface area contributed by atoms with Crippen molar-refractivity contribution in [2.45, 2.75) is 32.9 Å². The van der Waals surface area contributed by atoms with Crippen molar-refractivity contribution in [3.63, 3.8) is 0 Å². The van der Waals surface area contributed by atoms with E-state index in [1.54, 1.807) is 6.26 Å². The molecule has 0 spiro atoms. The lowest BCUT2D eigenvalue weighted by Gasteiger charge is -2.17. The lowest BCUT2D eigenvalue weighted by molar-refractivity contribution is 0.239. The van der Waals surface area contributed by atoms with Gasteiger partial charge in [-0.2, -0.15) is 0 Å². The van der Waals surface area contributed by atoms with E-state index in [0.717, 1.165) is 22.6 Å². The Morgan fingerprint density at radius 1 is 1.22 bits per heavy atom. The van der Waals surface area contributed by atoms with E-state index in [9.17, 15) is 0 Å². The predicted octanol–water partition coefficient (Wildman–Crippen LogP) is 3.42. The highest BCUT2D eigenvalue weighted by Crippen LogP contribution is 2.29. The van der Waals surface area contributed by atoms with Crippen LogP contribution in [0.5, 0.6) is 5.75 Å². The molecular weight excluding hydrogens is 226 g/mol. The molecule has 96 valence electrons. The van der Waals surface area contributed by atoms with E-state index < -0.39 is 0 Å². The van der Waals surface area contributed by atoms with Crippen molar-refractivity contribution < 1.29 is 9.15 Å². The van der Waals surface area contributed by atoms with Gasteiger partial charge >= 0.3 is 0 Å². The third-order valence-corrected chi connectivity index (χ3v) is 2.73. The normalized spacial score (nSPS) is 12.7. The van der Waals surface area contributed by atoms with Crippen LogP contribution in [0.1, 0.15) is 36.8 Å². The quantitative estimate of drug-likeness (QED) is 0.897. The maximum atomic E-state index is 6.27. The van der Waals surface area contributed by atoms with Crippen molar-refractivity contribution in [3.8, 4) is 5.75 Å². The molecule has 3 nitrogen and oxygen atoms in total. The summed E-state index contributed by atoms with van der Waals surface area (Å²) < 4.78 is 11.1. The SMILES string of the molecule is Cc1cc(C(N)c2ccccc2OC(C)C)co1. The van der Waals surface area contributed by atoms with E-state index in [1.807, 2.05) is 51.1 Å². The highest BCUT2D eigenvalue weighted by atomic mass is 16.5. The molecule has 2 rings (SSSR count). The summed E-state index contributed by atoms with van der Waals surface area (Å²) >= 11 is 0. The van der Waals surface area contributed by atoms with Crippen LogP contribution in [-0.2, 0) is 0 Å². The third kappa shape index (κ3) is 2.74. The van der Waals surface area contributed by atoms with Gasteiger partial charge in [0.05, 0.1) is 18.4 Å². The van der Waals surface area contributed by atoms with Gasteiger partial charge in [-0.3, -0.25) is 0 Å². The summed E-state index contributed by atoms with van der Waals surface area (Å²) in [6.45, 7) is 5.92. The van der Waals surface area contributed by atoms with Gasteiger partial charge in [0.2, 0.25) is 0 Å². The summed E-state index contributed by atoms with van der Waals surface area (Å²) in [5.41, 5.74) is 8.21. The third-order valence-electron chi connectivity index (χ3n) is 2.73. The first-order chi connectivity index (χ1) is 8.58. The molecule has 2 aromatic rings. The van der Waals surface area contributed by atoms with Crippen LogP contribution in [0.3, 0.4) is 0 Å². The zero-order valence-corrected chi connectivity index (χ0v) is 11.0. The minimum Gasteiger partial charge on any atom is -0.491 e. The molecular formula is C15H19NO2. The summed E-state index contributed by atoms with van der Waals surface area (Å²) in [5.74, 6) is 1.70. The summed E-state index contributed by atoms with van der Waals surface area (Å²) in [6.07, 6.45) is 1.83. The van der Waals surface area contributed by atoms with Gasteiger partial charge in [-0.1, -0.05) is 18.2 Å². The van der Waals surface area contributed by atoms with Gasteiger partial charge in [-0.25, -0.2) is 0 Å². The van der Waals surface area contributed by atoms with Gasteiger partial charge in [0.1, 0.15) is 11.5 Å². The fourth-order valence-corrected chi connectivity index (χ4v) is 1.91. The molecule has 0 aliphatic carbocycles. The average molecular weight is 245 g/mol. The Morgan fingerprint density at radius 2 is 1.94 bits per heavy atom. The Morgan fingerprint density at radius 3 is 2.56 bits per heavy atom. The average Bonchev–Trinajstić information content (AvgIpc) is 2.75. The second-order valence-corrected chi connectivity index (χ2v) is 4.67. The van der Waals surface area contributed by atoms with Crippen molar-refractivity contribution in [1.82, 2.24) is 0 Å². The molecule has 0 amide bonds. The molecule has 18 heavy (non-hydrogen) atoms. The minimum atomic E-state index is -0.225. The molecule has 1 aromatic heterocycles. The topological polar surface area (TPSA) is 48.4 Å². The van der Waals surface area contributed by atoms with Crippen LogP contribution >= 0.6 is 0 Å². The predicted molar refractivity (Wildman–Crippen MR) is 71.7 cm³/mol. The first-order valence-corrected chi connectivity index (χ1v) is 6.14. The van der Waals surface area contributed by atoms with Crippen LogP contribution in [0.15, 0.2) is 41.0 Å². The van der Waals surface area contributed by atoms with Gasteiger partial charge in [0.25, 0.3) is 0 Å². The summed E-state index contributed by atoms with van der Waals surface area (Å²) in [6, 6.07) is 9.59. The highest BCUT2D eigenvalue weighted by molar-refractivity contribution is 5.40. The van der Waals surface area contributed by atoms with E-state index in [2.05, 4.69) is 0 Å². The highest BCUT2D eigenvalue weighted by Gasteiger charge is 2.16. The van der Waals surface area contributed by atoms with Gasteiger partial charge in [0.15, 0.2) is 0 Å². The lowest BCUT2D eigenvalue weighted by Crippen LogP contribution is -2.15. The fourth-order valence-electron chi connectivity index (χ4n) is 1.91. The summed E-state index contributed by atoms with van der Waals surface area (Å²) in [7, 11) is 0. The van der Waals surface area contributed by atoms with E-state index in [-0.39, 0.29) is 12.1 Å². The Kier molecular flexibility index (Phi) is 3.72. The number of hydrogen-bond acceptors (Lipinski definition) is 3. The maximum Gasteiger partial charge on any atom is 0.124 e. The van der Waals surface area contributed by atoms with Crippen molar-refractivity contribution in [1.29, 1.82) is 0 Å². The van der Waals surface area contributed by atoms with Gasteiger partial charge in [-0.15, -0.1) is 0 Å². The number of ether oxygens (including phenoxy) is 1. The second kappa shape index (κ2) is 5.27. The van der Waals surface area contributed by atoms with Crippen LogP contribution in [0.2, 0.25) is 0 Å². The van der Waals surface area contributed by atoms with Crippen LogP contribution in [0.25, 0.3) is 0 Å². The first-order valence-electron chi connectivity index (χ1n) is 6.14. The molecule has 3 heteroatoms. The van der Waals surface area contributed by atoms with Crippen molar-refractivity contribution in [2.24, 2.45) is 5.73 Å². The van der Waals surface area contributed by atoms with E-state index in [4.69, 9.17) is 14.9 Å². The molecule has 0 bridgehead atoms. The molecule has 0 aliphatic rings. The number of benzene rings is 1. The Labute approximate surface area is 108 Å². The van der Waals surface area contributed by atoms with Crippen molar-refractivity contribution >= 4 is 0 Å². The number of hydrogen-bond donors (Lipinski definition) is 1. The van der Waals surface area contributed by atoms with E-state index >= 15 is 0 Å². The smallest absolute Gasteiger partial charge is 0.124 e. The molecule has 2 N–H and O–H groups in total. The largest absolute Gasteiger partial charge is 0.491 e. The summed E-state index contributed by atoms with van der Waals surface area (Å²) in [4.78, 5) is 0. The van der Waals surface area contributed by atoms with Crippen LogP contribution < -0.4 is 10.5 Å². The summed E-state index contributed by atoms with van der Waals surface area (Å²) in [5, 5.41) is 0. The zero-order valence-electron chi connectivity index (χ0n) is 11.0. The second-order valence-electron chi connectivity index (χ2n) is 4.67. The number of aryl methyl sites for hydroxylation is 1. The maximum absolute atomic E-state index is 6.27. The van der Waals surface area contributed by atoms with Gasteiger partial charge < -0.3 is 14.9 Å². The molecule has 0 fully saturated rings. The monoisotopic (exact) mass is 245 g/mol. The van der Waals surface area contributed by atoms with Crippen LogP contribution in [0.4, 0.5) is 0 Å². The fraction of sp³-hybridized carbons (Fsp3) is 0.333.